The van der Waals surface area contributed by atoms with Crippen molar-refractivity contribution in [3.05, 3.63) is 12.2 Å². The summed E-state index contributed by atoms with van der Waals surface area (Å²) in [7, 11) is 0. The van der Waals surface area contributed by atoms with Crippen molar-refractivity contribution >= 4 is 24.0 Å². The quantitative estimate of drug-likeness (QED) is 0.185. The summed E-state index contributed by atoms with van der Waals surface area (Å²) < 4.78 is 0. The summed E-state index contributed by atoms with van der Waals surface area (Å²) in [5.74, 6) is 0.672. The van der Waals surface area contributed by atoms with E-state index in [-0.39, 0.29) is 18.2 Å². The Labute approximate surface area is 179 Å². The van der Waals surface area contributed by atoms with Gasteiger partial charge in [-0.25, -0.2) is 5.06 Å². The van der Waals surface area contributed by atoms with Crippen LogP contribution in [-0.4, -0.2) is 36.4 Å². The molecule has 0 aliphatic carbocycles. The predicted molar refractivity (Wildman–Crippen MR) is 122 cm³/mol. The van der Waals surface area contributed by atoms with Gasteiger partial charge < -0.3 is 0 Å². The molecule has 1 rings (SSSR count). The minimum atomic E-state index is 0. The van der Waals surface area contributed by atoms with Crippen LogP contribution in [0.15, 0.2) is 17.1 Å². The molecular formula is C23H43ClN2O2. The number of unbranched alkanes of at least 4 members (excludes halogenated alkanes) is 11. The molecule has 0 N–H and O–H groups in total. The number of ketones is 1. The SMILES string of the molecule is CCCCCCCC/C=C\CCCCCCCC(=O)C1=NCCN1OCC.Cl. The molecule has 1 heterocycles. The van der Waals surface area contributed by atoms with Gasteiger partial charge in [-0.15, -0.1) is 12.4 Å². The Kier molecular flexibility index (Phi) is 18.8. The van der Waals surface area contributed by atoms with Crippen molar-refractivity contribution in [2.75, 3.05) is 19.7 Å². The van der Waals surface area contributed by atoms with E-state index in [0.29, 0.717) is 32.0 Å². The molecule has 0 saturated heterocycles. The summed E-state index contributed by atoms with van der Waals surface area (Å²) in [4.78, 5) is 21.9. The molecule has 4 nitrogen and oxygen atoms in total. The predicted octanol–water partition coefficient (Wildman–Crippen LogP) is 6.68. The number of hydroxylamine groups is 2. The van der Waals surface area contributed by atoms with Crippen molar-refractivity contribution in [1.29, 1.82) is 0 Å². The zero-order chi connectivity index (χ0) is 19.6. The zero-order valence-electron chi connectivity index (χ0n) is 18.3. The number of nitrogens with zero attached hydrogens (tertiary/aromatic N) is 2. The van der Waals surface area contributed by atoms with E-state index in [1.54, 1.807) is 5.06 Å². The summed E-state index contributed by atoms with van der Waals surface area (Å²) >= 11 is 0. The minimum Gasteiger partial charge on any atom is -0.291 e. The molecule has 0 aromatic rings. The molecule has 0 aromatic carbocycles. The number of amidine groups is 1. The van der Waals surface area contributed by atoms with Gasteiger partial charge in [0.2, 0.25) is 0 Å². The van der Waals surface area contributed by atoms with Gasteiger partial charge in [0.15, 0.2) is 11.6 Å². The fourth-order valence-corrected chi connectivity index (χ4v) is 3.41. The third-order valence-electron chi connectivity index (χ3n) is 5.00. The summed E-state index contributed by atoms with van der Waals surface area (Å²) in [6.07, 6.45) is 21.9. The first kappa shape index (κ1) is 27.1. The molecule has 1 aliphatic heterocycles. The Morgan fingerprint density at radius 2 is 1.50 bits per heavy atom. The van der Waals surface area contributed by atoms with Gasteiger partial charge in [-0.1, -0.05) is 70.4 Å². The Bertz CT molecular complexity index is 438. The maximum absolute atomic E-state index is 12.2. The van der Waals surface area contributed by atoms with E-state index in [9.17, 15) is 4.79 Å². The first-order valence-corrected chi connectivity index (χ1v) is 11.4. The van der Waals surface area contributed by atoms with E-state index in [2.05, 4.69) is 24.1 Å². The summed E-state index contributed by atoms with van der Waals surface area (Å²) in [5, 5.41) is 1.67. The number of aliphatic imine (C=N–C) groups is 1. The third-order valence-corrected chi connectivity index (χ3v) is 5.00. The second kappa shape index (κ2) is 19.4. The molecule has 28 heavy (non-hydrogen) atoms. The molecule has 164 valence electrons. The highest BCUT2D eigenvalue weighted by molar-refractivity contribution is 6.38. The standard InChI is InChI=1S/C23H42N2O2.ClH/c1-3-5-6-7-8-9-10-11-12-13-14-15-16-17-18-19-22(26)23-24-20-21-25(23)27-4-2;/h11-12H,3-10,13-21H2,1-2H3;1H/b12-11-;. The second-order valence-electron chi connectivity index (χ2n) is 7.48. The molecule has 0 aromatic heterocycles. The highest BCUT2D eigenvalue weighted by atomic mass is 35.5. The molecule has 0 saturated carbocycles. The molecule has 0 unspecified atom stereocenters. The van der Waals surface area contributed by atoms with E-state index in [0.717, 1.165) is 12.8 Å². The Hall–Kier alpha value is -0.870. The van der Waals surface area contributed by atoms with Crippen LogP contribution < -0.4 is 0 Å². The zero-order valence-corrected chi connectivity index (χ0v) is 19.1. The number of hydrogen-bond acceptors (Lipinski definition) is 4. The van der Waals surface area contributed by atoms with Crippen molar-refractivity contribution in [3.8, 4) is 0 Å². The fourth-order valence-electron chi connectivity index (χ4n) is 3.41. The van der Waals surface area contributed by atoms with Crippen LogP contribution in [0.2, 0.25) is 0 Å². The number of Topliss-reactive ketones (excluding diaryl/α,β-unsaturated/α-hetero) is 1. The number of carbonyl (C=O) groups is 1. The highest BCUT2D eigenvalue weighted by Crippen LogP contribution is 2.12. The van der Waals surface area contributed by atoms with E-state index in [1.807, 2.05) is 6.92 Å². The second-order valence-corrected chi connectivity index (χ2v) is 7.48. The number of halogens is 1. The molecule has 0 spiro atoms. The molecule has 0 amide bonds. The number of allylic oxidation sites excluding steroid dienone is 2. The Morgan fingerprint density at radius 1 is 0.929 bits per heavy atom. The van der Waals surface area contributed by atoms with Crippen molar-refractivity contribution in [2.24, 2.45) is 4.99 Å². The smallest absolute Gasteiger partial charge is 0.199 e. The van der Waals surface area contributed by atoms with Crippen LogP contribution in [0.5, 0.6) is 0 Å². The lowest BCUT2D eigenvalue weighted by atomic mass is 10.1. The molecule has 0 atom stereocenters. The van der Waals surface area contributed by atoms with E-state index in [1.165, 1.54) is 70.6 Å². The van der Waals surface area contributed by atoms with Gasteiger partial charge >= 0.3 is 0 Å². The number of carbonyl (C=O) groups excluding carboxylic acids is 1. The summed E-state index contributed by atoms with van der Waals surface area (Å²) in [5.41, 5.74) is 0. The van der Waals surface area contributed by atoms with Gasteiger partial charge in [0.05, 0.1) is 19.7 Å². The summed E-state index contributed by atoms with van der Waals surface area (Å²) in [6.45, 7) is 6.17. The first-order chi connectivity index (χ1) is 13.3. The van der Waals surface area contributed by atoms with Gasteiger partial charge in [-0.05, 0) is 39.0 Å². The molecule has 5 heteroatoms. The fraction of sp³-hybridized carbons (Fsp3) is 0.826. The van der Waals surface area contributed by atoms with Gasteiger partial charge in [0.25, 0.3) is 0 Å². The lowest BCUT2D eigenvalue weighted by molar-refractivity contribution is -0.120. The highest BCUT2D eigenvalue weighted by Gasteiger charge is 2.23. The molecule has 0 bridgehead atoms. The monoisotopic (exact) mass is 414 g/mol. The van der Waals surface area contributed by atoms with Crippen LogP contribution in [0, 0.1) is 0 Å². The van der Waals surface area contributed by atoms with Crippen LogP contribution >= 0.6 is 12.4 Å². The van der Waals surface area contributed by atoms with E-state index < -0.39 is 0 Å². The van der Waals surface area contributed by atoms with Gasteiger partial charge in [-0.2, -0.15) is 0 Å². The maximum atomic E-state index is 12.2. The van der Waals surface area contributed by atoms with Crippen LogP contribution in [0.4, 0.5) is 0 Å². The maximum Gasteiger partial charge on any atom is 0.199 e. The molecule has 0 radical (unpaired) electrons. The minimum absolute atomic E-state index is 0. The van der Waals surface area contributed by atoms with E-state index >= 15 is 0 Å². The largest absolute Gasteiger partial charge is 0.291 e. The molecule has 1 aliphatic rings. The Morgan fingerprint density at radius 3 is 2.11 bits per heavy atom. The van der Waals surface area contributed by atoms with Crippen molar-refractivity contribution in [1.82, 2.24) is 5.06 Å². The van der Waals surface area contributed by atoms with Crippen molar-refractivity contribution in [2.45, 2.75) is 104 Å². The van der Waals surface area contributed by atoms with Gasteiger partial charge in [0, 0.05) is 6.42 Å². The Balaban J connectivity index is 0.00000729. The lowest BCUT2D eigenvalue weighted by Crippen LogP contribution is -2.33. The normalized spacial score (nSPS) is 13.8. The van der Waals surface area contributed by atoms with Crippen LogP contribution in [0.1, 0.15) is 104 Å². The van der Waals surface area contributed by atoms with Crippen LogP contribution in [0.3, 0.4) is 0 Å². The van der Waals surface area contributed by atoms with Crippen LogP contribution in [0.25, 0.3) is 0 Å². The van der Waals surface area contributed by atoms with Gasteiger partial charge in [-0.3, -0.25) is 14.6 Å². The number of hydrogen-bond donors (Lipinski definition) is 0. The third kappa shape index (κ3) is 13.3. The van der Waals surface area contributed by atoms with Crippen LogP contribution in [-0.2, 0) is 9.63 Å². The van der Waals surface area contributed by atoms with Gasteiger partial charge in [0.1, 0.15) is 0 Å². The molecule has 0 fully saturated rings. The van der Waals surface area contributed by atoms with Crippen molar-refractivity contribution in [3.63, 3.8) is 0 Å². The average molecular weight is 415 g/mol. The topological polar surface area (TPSA) is 41.9 Å². The molecular weight excluding hydrogens is 372 g/mol. The van der Waals surface area contributed by atoms with E-state index in [4.69, 9.17) is 4.84 Å². The number of rotatable bonds is 18. The van der Waals surface area contributed by atoms with Crippen molar-refractivity contribution < 1.29 is 9.63 Å². The average Bonchev–Trinajstić information content (AvgIpc) is 3.13. The summed E-state index contributed by atoms with van der Waals surface area (Å²) in [6, 6.07) is 0. The lowest BCUT2D eigenvalue weighted by Gasteiger charge is -2.17. The first-order valence-electron chi connectivity index (χ1n) is 11.4.